The van der Waals surface area contributed by atoms with Crippen molar-refractivity contribution in [1.29, 1.82) is 0 Å². The van der Waals surface area contributed by atoms with Gasteiger partial charge in [-0.15, -0.1) is 0 Å². The summed E-state index contributed by atoms with van der Waals surface area (Å²) in [6.45, 7) is 7.63. The van der Waals surface area contributed by atoms with Crippen LogP contribution in [0.2, 0.25) is 5.15 Å². The summed E-state index contributed by atoms with van der Waals surface area (Å²) in [5.74, 6) is 1.29. The van der Waals surface area contributed by atoms with E-state index in [2.05, 4.69) is 17.2 Å². The second kappa shape index (κ2) is 9.31. The van der Waals surface area contributed by atoms with E-state index >= 15 is 0 Å². The molecule has 0 amide bonds. The molecule has 1 fully saturated rings. The molecule has 3 aromatic rings. The van der Waals surface area contributed by atoms with Crippen LogP contribution in [0.3, 0.4) is 0 Å². The summed E-state index contributed by atoms with van der Waals surface area (Å²) in [5, 5.41) is 14.1. The first-order chi connectivity index (χ1) is 15.6. The molecule has 176 valence electrons. The number of hydrogen-bond acceptors (Lipinski definition) is 5. The first-order valence-corrected chi connectivity index (χ1v) is 11.9. The van der Waals surface area contributed by atoms with Crippen LogP contribution in [0.1, 0.15) is 52.0 Å². The maximum Gasteiger partial charge on any atom is 0.334 e. The minimum Gasteiger partial charge on any atom is -0.389 e. The van der Waals surface area contributed by atoms with E-state index in [-0.39, 0.29) is 17.4 Å². The van der Waals surface area contributed by atoms with Gasteiger partial charge in [0.15, 0.2) is 0 Å². The molecule has 0 radical (unpaired) electrons. The predicted molar refractivity (Wildman–Crippen MR) is 132 cm³/mol. The SMILES string of the molecule is Cc1cccc(-n2c(-c3ccnc(NC4CCC(C)CC4)n3)c(Cl)n(CC(C)(C)O)c2=O)c1. The molecule has 1 aromatic carbocycles. The van der Waals surface area contributed by atoms with Crippen molar-refractivity contribution in [3.8, 4) is 17.1 Å². The number of aryl methyl sites for hydroxylation is 1. The lowest BCUT2D eigenvalue weighted by molar-refractivity contribution is 0.0605. The number of nitrogens with one attached hydrogen (secondary N) is 1. The van der Waals surface area contributed by atoms with Crippen molar-refractivity contribution in [2.24, 2.45) is 5.92 Å². The van der Waals surface area contributed by atoms with Crippen molar-refractivity contribution in [2.45, 2.75) is 71.6 Å². The lowest BCUT2D eigenvalue weighted by Crippen LogP contribution is -2.33. The Morgan fingerprint density at radius 3 is 2.61 bits per heavy atom. The van der Waals surface area contributed by atoms with Crippen LogP contribution in [0.15, 0.2) is 41.3 Å². The van der Waals surface area contributed by atoms with Gasteiger partial charge in [0, 0.05) is 12.2 Å². The highest BCUT2D eigenvalue weighted by Crippen LogP contribution is 2.31. The molecule has 4 rings (SSSR count). The number of anilines is 1. The standard InChI is InChI=1S/C25H32ClN5O2/c1-16-8-10-18(11-9-16)28-23-27-13-12-20(29-23)21-22(26)30(15-25(3,4)33)24(32)31(21)19-7-5-6-17(2)14-19/h5-7,12-14,16,18,33H,8-11,15H2,1-4H3,(H,27,28,29). The lowest BCUT2D eigenvalue weighted by atomic mass is 9.87. The molecular weight excluding hydrogens is 438 g/mol. The van der Waals surface area contributed by atoms with E-state index in [0.29, 0.717) is 29.1 Å². The van der Waals surface area contributed by atoms with Gasteiger partial charge >= 0.3 is 5.69 Å². The van der Waals surface area contributed by atoms with Crippen molar-refractivity contribution in [1.82, 2.24) is 19.1 Å². The second-order valence-electron chi connectivity index (χ2n) is 9.86. The van der Waals surface area contributed by atoms with Gasteiger partial charge in [-0.25, -0.2) is 14.8 Å². The highest BCUT2D eigenvalue weighted by molar-refractivity contribution is 6.32. The van der Waals surface area contributed by atoms with Crippen molar-refractivity contribution in [3.05, 3.63) is 57.7 Å². The number of imidazole rings is 1. The third-order valence-electron chi connectivity index (χ3n) is 6.13. The maximum atomic E-state index is 13.5. The first kappa shape index (κ1) is 23.5. The Hall–Kier alpha value is -2.64. The quantitative estimate of drug-likeness (QED) is 0.540. The third-order valence-corrected chi connectivity index (χ3v) is 6.51. The molecule has 0 atom stereocenters. The third kappa shape index (κ3) is 5.31. The van der Waals surface area contributed by atoms with E-state index < -0.39 is 5.60 Å². The number of benzene rings is 1. The predicted octanol–water partition coefficient (Wildman–Crippen LogP) is 4.82. The van der Waals surface area contributed by atoms with E-state index in [9.17, 15) is 9.90 Å². The zero-order chi connectivity index (χ0) is 23.8. The van der Waals surface area contributed by atoms with Gasteiger partial charge in [0.05, 0.1) is 23.5 Å². The molecule has 0 unspecified atom stereocenters. The average Bonchev–Trinajstić information content (AvgIpc) is 2.99. The smallest absolute Gasteiger partial charge is 0.334 e. The van der Waals surface area contributed by atoms with Gasteiger partial charge in [0.25, 0.3) is 0 Å². The fourth-order valence-electron chi connectivity index (χ4n) is 4.42. The summed E-state index contributed by atoms with van der Waals surface area (Å²) in [4.78, 5) is 22.6. The Kier molecular flexibility index (Phi) is 6.64. The summed E-state index contributed by atoms with van der Waals surface area (Å²) in [5.41, 5.74) is 1.32. The number of hydrogen-bond donors (Lipinski definition) is 2. The van der Waals surface area contributed by atoms with Crippen LogP contribution in [-0.4, -0.2) is 35.9 Å². The Morgan fingerprint density at radius 2 is 1.94 bits per heavy atom. The Bertz CT molecular complexity index is 1190. The van der Waals surface area contributed by atoms with Crippen molar-refractivity contribution in [2.75, 3.05) is 5.32 Å². The summed E-state index contributed by atoms with van der Waals surface area (Å²) in [6.07, 6.45) is 6.24. The summed E-state index contributed by atoms with van der Waals surface area (Å²) >= 11 is 6.78. The molecular formula is C25H32ClN5O2. The van der Waals surface area contributed by atoms with Crippen LogP contribution in [-0.2, 0) is 6.54 Å². The van der Waals surface area contributed by atoms with Gasteiger partial charge < -0.3 is 10.4 Å². The molecule has 2 heterocycles. The summed E-state index contributed by atoms with van der Waals surface area (Å²) in [6, 6.07) is 9.77. The van der Waals surface area contributed by atoms with Gasteiger partial charge in [0.2, 0.25) is 5.95 Å². The van der Waals surface area contributed by atoms with Crippen molar-refractivity contribution < 1.29 is 5.11 Å². The molecule has 2 aromatic heterocycles. The molecule has 0 spiro atoms. The minimum absolute atomic E-state index is 0.0624. The first-order valence-electron chi connectivity index (χ1n) is 11.5. The average molecular weight is 470 g/mol. The maximum absolute atomic E-state index is 13.5. The number of rotatable bonds is 6. The van der Waals surface area contributed by atoms with Crippen LogP contribution in [0.4, 0.5) is 5.95 Å². The van der Waals surface area contributed by atoms with Crippen molar-refractivity contribution in [3.63, 3.8) is 0 Å². The number of nitrogens with zero attached hydrogens (tertiary/aromatic N) is 4. The molecule has 0 aliphatic heterocycles. The molecule has 1 aliphatic carbocycles. The van der Waals surface area contributed by atoms with Crippen LogP contribution in [0, 0.1) is 12.8 Å². The van der Waals surface area contributed by atoms with Crippen LogP contribution in [0.5, 0.6) is 0 Å². The van der Waals surface area contributed by atoms with E-state index in [1.54, 1.807) is 30.7 Å². The highest BCUT2D eigenvalue weighted by Gasteiger charge is 2.26. The van der Waals surface area contributed by atoms with Crippen LogP contribution >= 0.6 is 11.6 Å². The van der Waals surface area contributed by atoms with Crippen molar-refractivity contribution >= 4 is 17.5 Å². The largest absolute Gasteiger partial charge is 0.389 e. The van der Waals surface area contributed by atoms with E-state index in [1.165, 1.54) is 17.4 Å². The molecule has 1 aliphatic rings. The van der Waals surface area contributed by atoms with E-state index in [4.69, 9.17) is 16.6 Å². The molecule has 33 heavy (non-hydrogen) atoms. The molecule has 0 saturated heterocycles. The minimum atomic E-state index is -1.11. The molecule has 8 heteroatoms. The molecule has 7 nitrogen and oxygen atoms in total. The Labute approximate surface area is 199 Å². The van der Waals surface area contributed by atoms with Gasteiger partial charge in [-0.3, -0.25) is 9.13 Å². The fourth-order valence-corrected chi connectivity index (χ4v) is 4.73. The van der Waals surface area contributed by atoms with Crippen LogP contribution in [0.25, 0.3) is 17.1 Å². The number of aromatic nitrogens is 4. The number of halogens is 1. The Morgan fingerprint density at radius 1 is 1.21 bits per heavy atom. The summed E-state index contributed by atoms with van der Waals surface area (Å²) < 4.78 is 2.96. The lowest BCUT2D eigenvalue weighted by Gasteiger charge is -2.26. The molecule has 2 N–H and O–H groups in total. The fraction of sp³-hybridized carbons (Fsp3) is 0.480. The van der Waals surface area contributed by atoms with E-state index in [1.807, 2.05) is 31.2 Å². The van der Waals surface area contributed by atoms with Gasteiger partial charge in [-0.05, 0) is 76.1 Å². The zero-order valence-electron chi connectivity index (χ0n) is 19.7. The molecule has 1 saturated carbocycles. The molecule has 0 bridgehead atoms. The van der Waals surface area contributed by atoms with Crippen LogP contribution < -0.4 is 11.0 Å². The van der Waals surface area contributed by atoms with Gasteiger partial charge in [-0.1, -0.05) is 30.7 Å². The topological polar surface area (TPSA) is 85.0 Å². The monoisotopic (exact) mass is 469 g/mol. The normalized spacial score (nSPS) is 19.0. The Balaban J connectivity index is 1.80. The second-order valence-corrected chi connectivity index (χ2v) is 10.2. The van der Waals surface area contributed by atoms with Gasteiger partial charge in [-0.2, -0.15) is 0 Å². The highest BCUT2D eigenvalue weighted by atomic mass is 35.5. The summed E-state index contributed by atoms with van der Waals surface area (Å²) in [7, 11) is 0. The van der Waals surface area contributed by atoms with E-state index in [0.717, 1.165) is 24.3 Å². The number of aliphatic hydroxyl groups is 1. The van der Waals surface area contributed by atoms with Gasteiger partial charge in [0.1, 0.15) is 10.8 Å². The zero-order valence-corrected chi connectivity index (χ0v) is 20.4.